The van der Waals surface area contributed by atoms with Crippen LogP contribution in [0.4, 0.5) is 5.69 Å². The zero-order chi connectivity index (χ0) is 20.4. The van der Waals surface area contributed by atoms with Gasteiger partial charge in [0.05, 0.1) is 17.7 Å². The number of aryl methyl sites for hydroxylation is 1. The third-order valence-corrected chi connectivity index (χ3v) is 6.63. The number of benzene rings is 2. The van der Waals surface area contributed by atoms with Gasteiger partial charge in [-0.3, -0.25) is 9.10 Å². The fourth-order valence-electron chi connectivity index (χ4n) is 3.26. The van der Waals surface area contributed by atoms with Gasteiger partial charge in [-0.05, 0) is 48.7 Å². The Kier molecular flexibility index (Phi) is 5.42. The highest BCUT2D eigenvalue weighted by molar-refractivity contribution is 7.99. The first kappa shape index (κ1) is 19.7. The lowest BCUT2D eigenvalue weighted by Crippen LogP contribution is -2.34. The van der Waals surface area contributed by atoms with E-state index in [1.165, 1.54) is 22.3 Å². The molecule has 1 aliphatic rings. The van der Waals surface area contributed by atoms with Crippen molar-refractivity contribution in [2.24, 2.45) is 0 Å². The number of aromatic nitrogens is 2. The molecule has 0 radical (unpaired) electrons. The number of sulfonamides is 1. The highest BCUT2D eigenvalue weighted by Gasteiger charge is 2.24. The fourth-order valence-corrected chi connectivity index (χ4v) is 4.91. The largest absolute Gasteiger partial charge is 0.411 e. The molecule has 0 saturated heterocycles. The summed E-state index contributed by atoms with van der Waals surface area (Å²) in [6.07, 6.45) is 2.68. The van der Waals surface area contributed by atoms with Gasteiger partial charge in [0.1, 0.15) is 0 Å². The van der Waals surface area contributed by atoms with E-state index in [0.717, 1.165) is 24.0 Å². The van der Waals surface area contributed by atoms with Crippen molar-refractivity contribution in [3.8, 4) is 11.5 Å². The second kappa shape index (κ2) is 8.00. The monoisotopic (exact) mass is 429 g/mol. The number of ketones is 1. The number of nitrogens with zero attached hydrogens (tertiary/aromatic N) is 3. The summed E-state index contributed by atoms with van der Waals surface area (Å²) in [6, 6.07) is 14.6. The van der Waals surface area contributed by atoms with E-state index < -0.39 is 10.0 Å². The molecule has 7 nitrogen and oxygen atoms in total. The molecule has 9 heteroatoms. The molecular formula is C20H19N3O4S2. The maximum absolute atomic E-state index is 12.6. The lowest BCUT2D eigenvalue weighted by atomic mass is 9.99. The summed E-state index contributed by atoms with van der Waals surface area (Å²) in [5, 5.41) is 8.33. The number of rotatable bonds is 6. The Labute approximate surface area is 173 Å². The zero-order valence-electron chi connectivity index (χ0n) is 15.7. The van der Waals surface area contributed by atoms with Crippen molar-refractivity contribution in [2.45, 2.75) is 18.1 Å². The minimum Gasteiger partial charge on any atom is -0.411 e. The maximum Gasteiger partial charge on any atom is 0.277 e. The van der Waals surface area contributed by atoms with Crippen LogP contribution in [0, 0.1) is 0 Å². The van der Waals surface area contributed by atoms with Gasteiger partial charge in [-0.2, -0.15) is 0 Å². The molecule has 29 heavy (non-hydrogen) atoms. The van der Waals surface area contributed by atoms with Gasteiger partial charge < -0.3 is 4.42 Å². The van der Waals surface area contributed by atoms with Crippen LogP contribution in [0.2, 0.25) is 0 Å². The summed E-state index contributed by atoms with van der Waals surface area (Å²) in [6.45, 7) is 0.468. The van der Waals surface area contributed by atoms with E-state index in [1.54, 1.807) is 18.2 Å². The molecule has 1 aliphatic heterocycles. The molecule has 0 aliphatic carbocycles. The second-order valence-electron chi connectivity index (χ2n) is 6.73. The van der Waals surface area contributed by atoms with E-state index in [2.05, 4.69) is 10.2 Å². The van der Waals surface area contributed by atoms with Crippen LogP contribution in [0.3, 0.4) is 0 Å². The standard InChI is InChI=1S/C20H19N3O4S2/c1-29(25,26)23-11-5-8-15-12-16(9-10-17(15)23)18(24)13-28-20-22-21-19(27-20)14-6-3-2-4-7-14/h2-4,6-7,9-10,12H,5,8,11,13H2,1H3. The van der Waals surface area contributed by atoms with Gasteiger partial charge in [-0.1, -0.05) is 30.0 Å². The Bertz CT molecular complexity index is 1140. The van der Waals surface area contributed by atoms with Crippen molar-refractivity contribution in [3.63, 3.8) is 0 Å². The average Bonchev–Trinajstić information content (AvgIpc) is 3.20. The molecule has 1 aromatic heterocycles. The number of hydrogen-bond acceptors (Lipinski definition) is 7. The fraction of sp³-hybridized carbons (Fsp3) is 0.250. The van der Waals surface area contributed by atoms with Gasteiger partial charge in [0.25, 0.3) is 5.22 Å². The Morgan fingerprint density at radius 3 is 2.72 bits per heavy atom. The summed E-state index contributed by atoms with van der Waals surface area (Å²) in [5.74, 6) is 0.495. The second-order valence-corrected chi connectivity index (χ2v) is 9.57. The zero-order valence-corrected chi connectivity index (χ0v) is 17.4. The van der Waals surface area contributed by atoms with Crippen molar-refractivity contribution in [1.29, 1.82) is 0 Å². The van der Waals surface area contributed by atoms with E-state index in [4.69, 9.17) is 4.42 Å². The quantitative estimate of drug-likeness (QED) is 0.438. The van der Waals surface area contributed by atoms with Crippen LogP contribution in [0.25, 0.3) is 11.5 Å². The summed E-state index contributed by atoms with van der Waals surface area (Å²) >= 11 is 1.18. The van der Waals surface area contributed by atoms with Crippen LogP contribution in [-0.4, -0.2) is 43.0 Å². The third-order valence-electron chi connectivity index (χ3n) is 4.63. The number of carbonyl (C=O) groups excluding carboxylic acids is 1. The summed E-state index contributed by atoms with van der Waals surface area (Å²) in [5.41, 5.74) is 2.91. The van der Waals surface area contributed by atoms with Crippen LogP contribution in [0.5, 0.6) is 0 Å². The number of Topliss-reactive ketones (excluding diaryl/α,β-unsaturated/α-hetero) is 1. The van der Waals surface area contributed by atoms with E-state index in [9.17, 15) is 13.2 Å². The van der Waals surface area contributed by atoms with Gasteiger partial charge in [-0.25, -0.2) is 8.42 Å². The van der Waals surface area contributed by atoms with E-state index in [0.29, 0.717) is 28.9 Å². The Morgan fingerprint density at radius 2 is 1.97 bits per heavy atom. The van der Waals surface area contributed by atoms with Crippen molar-refractivity contribution in [1.82, 2.24) is 10.2 Å². The molecule has 0 saturated carbocycles. The maximum atomic E-state index is 12.6. The van der Waals surface area contributed by atoms with Crippen LogP contribution >= 0.6 is 11.8 Å². The first-order valence-electron chi connectivity index (χ1n) is 9.07. The minimum atomic E-state index is -3.32. The predicted molar refractivity (Wildman–Crippen MR) is 112 cm³/mol. The smallest absolute Gasteiger partial charge is 0.277 e. The Morgan fingerprint density at radius 1 is 1.17 bits per heavy atom. The molecule has 0 bridgehead atoms. The molecule has 0 amide bonds. The topological polar surface area (TPSA) is 93.4 Å². The molecule has 0 unspecified atom stereocenters. The van der Waals surface area contributed by atoms with Gasteiger partial charge in [0.2, 0.25) is 15.9 Å². The molecular weight excluding hydrogens is 410 g/mol. The Balaban J connectivity index is 1.45. The van der Waals surface area contributed by atoms with Crippen LogP contribution in [0.15, 0.2) is 58.2 Å². The normalized spacial score (nSPS) is 13.9. The summed E-state index contributed by atoms with van der Waals surface area (Å²) in [4.78, 5) is 12.6. The van der Waals surface area contributed by atoms with Gasteiger partial charge in [0, 0.05) is 17.7 Å². The molecule has 4 rings (SSSR count). The number of anilines is 1. The average molecular weight is 430 g/mol. The first-order chi connectivity index (χ1) is 13.9. The third kappa shape index (κ3) is 4.35. The number of fused-ring (bicyclic) bond motifs is 1. The lowest BCUT2D eigenvalue weighted by molar-refractivity contribution is 0.102. The molecule has 2 heterocycles. The van der Waals surface area contributed by atoms with Gasteiger partial charge in [-0.15, -0.1) is 10.2 Å². The van der Waals surface area contributed by atoms with Gasteiger partial charge in [0.15, 0.2) is 5.78 Å². The lowest BCUT2D eigenvalue weighted by Gasteiger charge is -2.29. The highest BCUT2D eigenvalue weighted by Crippen LogP contribution is 2.30. The molecule has 0 atom stereocenters. The number of thioether (sulfide) groups is 1. The van der Waals surface area contributed by atoms with Crippen LogP contribution < -0.4 is 4.31 Å². The van der Waals surface area contributed by atoms with Crippen molar-refractivity contribution in [2.75, 3.05) is 22.9 Å². The minimum absolute atomic E-state index is 0.0752. The van der Waals surface area contributed by atoms with Crippen molar-refractivity contribution < 1.29 is 17.6 Å². The first-order valence-corrected chi connectivity index (χ1v) is 11.9. The highest BCUT2D eigenvalue weighted by atomic mass is 32.2. The van der Waals surface area contributed by atoms with Crippen molar-refractivity contribution in [3.05, 3.63) is 59.7 Å². The SMILES string of the molecule is CS(=O)(=O)N1CCCc2cc(C(=O)CSc3nnc(-c4ccccc4)o3)ccc21. The van der Waals surface area contributed by atoms with E-state index in [-0.39, 0.29) is 11.5 Å². The molecule has 2 aromatic carbocycles. The number of carbonyl (C=O) groups is 1. The summed E-state index contributed by atoms with van der Waals surface area (Å²) in [7, 11) is -3.32. The molecule has 3 aromatic rings. The van der Waals surface area contributed by atoms with E-state index in [1.807, 2.05) is 30.3 Å². The Hall–Kier alpha value is -2.65. The number of hydrogen-bond donors (Lipinski definition) is 0. The van der Waals surface area contributed by atoms with Crippen LogP contribution in [0.1, 0.15) is 22.3 Å². The van der Waals surface area contributed by atoms with Crippen molar-refractivity contribution >= 4 is 33.3 Å². The summed E-state index contributed by atoms with van der Waals surface area (Å²) < 4.78 is 30.9. The predicted octanol–water partition coefficient (Wildman–Crippen LogP) is 3.42. The molecule has 150 valence electrons. The molecule has 0 spiro atoms. The van der Waals surface area contributed by atoms with Crippen LogP contribution in [-0.2, 0) is 16.4 Å². The molecule has 0 fully saturated rings. The molecule has 0 N–H and O–H groups in total. The van der Waals surface area contributed by atoms with Gasteiger partial charge >= 0.3 is 0 Å². The van der Waals surface area contributed by atoms with E-state index >= 15 is 0 Å².